The van der Waals surface area contributed by atoms with Crippen molar-refractivity contribution in [1.82, 2.24) is 4.98 Å². The summed E-state index contributed by atoms with van der Waals surface area (Å²) in [5, 5.41) is 18.3. The summed E-state index contributed by atoms with van der Waals surface area (Å²) in [6, 6.07) is 4.29. The Morgan fingerprint density at radius 3 is 2.95 bits per heavy atom. The molecular formula is C14H15N3O2. The van der Waals surface area contributed by atoms with E-state index in [4.69, 9.17) is 5.11 Å². The molecule has 0 unspecified atom stereocenters. The molecule has 5 nitrogen and oxygen atoms in total. The molecule has 1 saturated carbocycles. The van der Waals surface area contributed by atoms with Crippen LogP contribution in [0.4, 0.5) is 5.82 Å². The lowest BCUT2D eigenvalue weighted by Gasteiger charge is -2.23. The zero-order valence-electron chi connectivity index (χ0n) is 10.6. The predicted octanol–water partition coefficient (Wildman–Crippen LogP) is 1.50. The number of carbonyl (C=O) groups is 1. The zero-order chi connectivity index (χ0) is 13.4. The third-order valence-electron chi connectivity index (χ3n) is 3.72. The van der Waals surface area contributed by atoms with Crippen molar-refractivity contribution in [2.75, 3.05) is 11.4 Å². The molecule has 0 atom stereocenters. The molecular weight excluding hydrogens is 242 g/mol. The highest BCUT2D eigenvalue weighted by Gasteiger charge is 2.33. The third-order valence-corrected chi connectivity index (χ3v) is 3.72. The summed E-state index contributed by atoms with van der Waals surface area (Å²) in [7, 11) is 0. The second-order valence-corrected chi connectivity index (χ2v) is 5.18. The molecule has 3 rings (SSSR count). The lowest BCUT2D eigenvalue weighted by molar-refractivity contribution is -0.135. The Morgan fingerprint density at radius 1 is 1.53 bits per heavy atom. The number of hydrogen-bond donors (Lipinski definition) is 1. The molecule has 98 valence electrons. The van der Waals surface area contributed by atoms with Gasteiger partial charge in [0.25, 0.3) is 0 Å². The molecule has 0 spiro atoms. The van der Waals surface area contributed by atoms with Crippen LogP contribution in [0.2, 0.25) is 0 Å². The average Bonchev–Trinajstić information content (AvgIpc) is 3.12. The summed E-state index contributed by atoms with van der Waals surface area (Å²) in [4.78, 5) is 17.4. The summed E-state index contributed by atoms with van der Waals surface area (Å²) in [6.45, 7) is -0.0782. The largest absolute Gasteiger partial charge is 0.480 e. The normalized spacial score (nSPS) is 16.8. The van der Waals surface area contributed by atoms with Gasteiger partial charge in [0.1, 0.15) is 18.4 Å². The van der Waals surface area contributed by atoms with Gasteiger partial charge in [0.2, 0.25) is 0 Å². The zero-order valence-corrected chi connectivity index (χ0v) is 10.6. The van der Waals surface area contributed by atoms with Gasteiger partial charge in [-0.25, -0.2) is 4.98 Å². The second-order valence-electron chi connectivity index (χ2n) is 5.18. The minimum Gasteiger partial charge on any atom is -0.480 e. The van der Waals surface area contributed by atoms with Crippen LogP contribution in [0.25, 0.3) is 0 Å². The Bertz CT molecular complexity index is 573. The van der Waals surface area contributed by atoms with Crippen molar-refractivity contribution in [2.45, 2.75) is 38.1 Å². The molecule has 1 fully saturated rings. The highest BCUT2D eigenvalue weighted by Crippen LogP contribution is 2.34. The molecule has 0 bridgehead atoms. The quantitative estimate of drug-likeness (QED) is 0.884. The summed E-state index contributed by atoms with van der Waals surface area (Å²) < 4.78 is 0. The maximum absolute atomic E-state index is 11.0. The number of carboxylic acid groups (broad SMARTS) is 1. The molecule has 0 amide bonds. The molecule has 0 saturated heterocycles. The molecule has 1 N–H and O–H groups in total. The van der Waals surface area contributed by atoms with Crippen LogP contribution >= 0.6 is 0 Å². The van der Waals surface area contributed by atoms with E-state index in [9.17, 15) is 10.1 Å². The predicted molar refractivity (Wildman–Crippen MR) is 69.0 cm³/mol. The van der Waals surface area contributed by atoms with Gasteiger partial charge in [0, 0.05) is 11.7 Å². The van der Waals surface area contributed by atoms with Gasteiger partial charge >= 0.3 is 5.97 Å². The lowest BCUT2D eigenvalue weighted by Crippen LogP contribution is -2.33. The highest BCUT2D eigenvalue weighted by atomic mass is 16.4. The molecule has 0 aromatic carbocycles. The van der Waals surface area contributed by atoms with Gasteiger partial charge in [-0.05, 0) is 43.7 Å². The molecule has 2 aliphatic carbocycles. The van der Waals surface area contributed by atoms with Crippen LogP contribution in [0.1, 0.15) is 36.1 Å². The number of aryl methyl sites for hydroxylation is 2. The van der Waals surface area contributed by atoms with E-state index in [2.05, 4.69) is 11.1 Å². The van der Waals surface area contributed by atoms with Crippen LogP contribution in [0.3, 0.4) is 0 Å². The van der Waals surface area contributed by atoms with E-state index < -0.39 is 5.97 Å². The molecule has 19 heavy (non-hydrogen) atoms. The first kappa shape index (κ1) is 12.0. The van der Waals surface area contributed by atoms with E-state index in [-0.39, 0.29) is 12.6 Å². The molecule has 0 aliphatic heterocycles. The number of nitrogens with zero attached hydrogens (tertiary/aromatic N) is 3. The number of hydrogen-bond acceptors (Lipinski definition) is 4. The Kier molecular flexibility index (Phi) is 2.86. The van der Waals surface area contributed by atoms with Gasteiger partial charge in [0.15, 0.2) is 0 Å². The maximum atomic E-state index is 11.0. The Hall–Kier alpha value is -2.09. The fraction of sp³-hybridized carbons (Fsp3) is 0.500. The van der Waals surface area contributed by atoms with Gasteiger partial charge in [0.05, 0.1) is 5.56 Å². The first-order valence-corrected chi connectivity index (χ1v) is 6.60. The summed E-state index contributed by atoms with van der Waals surface area (Å²) in [6.07, 6.45) is 4.94. The van der Waals surface area contributed by atoms with Crippen LogP contribution < -0.4 is 4.90 Å². The molecule has 0 radical (unpaired) electrons. The van der Waals surface area contributed by atoms with Crippen molar-refractivity contribution in [3.63, 3.8) is 0 Å². The Morgan fingerprint density at radius 2 is 2.32 bits per heavy atom. The first-order valence-electron chi connectivity index (χ1n) is 6.60. The monoisotopic (exact) mass is 257 g/mol. The van der Waals surface area contributed by atoms with Crippen molar-refractivity contribution in [1.29, 1.82) is 5.26 Å². The number of carboxylic acids is 1. The van der Waals surface area contributed by atoms with Gasteiger partial charge in [-0.15, -0.1) is 0 Å². The number of nitriles is 1. The van der Waals surface area contributed by atoms with Crippen LogP contribution in [0, 0.1) is 11.3 Å². The topological polar surface area (TPSA) is 77.2 Å². The third kappa shape index (κ3) is 2.26. The summed E-state index contributed by atoms with van der Waals surface area (Å²) in [5.41, 5.74) is 2.69. The summed E-state index contributed by atoms with van der Waals surface area (Å²) in [5.74, 6) is -0.314. The smallest absolute Gasteiger partial charge is 0.323 e. The minimum absolute atomic E-state index is 0.0782. The highest BCUT2D eigenvalue weighted by molar-refractivity contribution is 5.75. The number of rotatable bonds is 4. The minimum atomic E-state index is -0.877. The Balaban J connectivity index is 2.02. The number of anilines is 1. The average molecular weight is 257 g/mol. The molecule has 2 aliphatic rings. The number of aliphatic carboxylic acids is 1. The van der Waals surface area contributed by atoms with E-state index in [0.717, 1.165) is 43.4 Å². The standard InChI is InChI=1S/C14H15N3O2/c15-7-10-6-9-2-1-3-12(9)16-14(10)17(8-13(18)19)11-4-5-11/h6,11H,1-5,8H2,(H,18,19). The van der Waals surface area contributed by atoms with Crippen LogP contribution in [-0.4, -0.2) is 28.6 Å². The fourth-order valence-corrected chi connectivity index (χ4v) is 2.67. The molecule has 1 heterocycles. The second kappa shape index (κ2) is 4.54. The molecule has 5 heteroatoms. The van der Waals surface area contributed by atoms with Crippen molar-refractivity contribution in [3.05, 3.63) is 22.9 Å². The van der Waals surface area contributed by atoms with Crippen molar-refractivity contribution >= 4 is 11.8 Å². The van der Waals surface area contributed by atoms with Crippen molar-refractivity contribution < 1.29 is 9.90 Å². The fourth-order valence-electron chi connectivity index (χ4n) is 2.67. The number of fused-ring (bicyclic) bond motifs is 1. The van der Waals surface area contributed by atoms with Crippen LogP contribution in [0.15, 0.2) is 6.07 Å². The van der Waals surface area contributed by atoms with E-state index in [1.807, 2.05) is 6.07 Å². The maximum Gasteiger partial charge on any atom is 0.323 e. The molecule has 1 aromatic heterocycles. The van der Waals surface area contributed by atoms with Crippen LogP contribution in [0.5, 0.6) is 0 Å². The van der Waals surface area contributed by atoms with Gasteiger partial charge in [-0.2, -0.15) is 5.26 Å². The molecule has 1 aromatic rings. The summed E-state index contributed by atoms with van der Waals surface area (Å²) >= 11 is 0. The number of aromatic nitrogens is 1. The van der Waals surface area contributed by atoms with E-state index in [0.29, 0.717) is 11.4 Å². The van der Waals surface area contributed by atoms with E-state index in [1.165, 1.54) is 0 Å². The van der Waals surface area contributed by atoms with E-state index in [1.54, 1.807) is 4.90 Å². The SMILES string of the molecule is N#Cc1cc2c(nc1N(CC(=O)O)C1CC1)CCC2. The van der Waals surface area contributed by atoms with Crippen molar-refractivity contribution in [3.8, 4) is 6.07 Å². The number of pyridine rings is 1. The first-order chi connectivity index (χ1) is 9.19. The van der Waals surface area contributed by atoms with E-state index >= 15 is 0 Å². The van der Waals surface area contributed by atoms with Gasteiger partial charge in [-0.3, -0.25) is 4.79 Å². The lowest BCUT2D eigenvalue weighted by atomic mass is 10.1. The van der Waals surface area contributed by atoms with Gasteiger partial charge < -0.3 is 10.0 Å². The Labute approximate surface area is 111 Å². The van der Waals surface area contributed by atoms with Crippen LogP contribution in [-0.2, 0) is 17.6 Å². The van der Waals surface area contributed by atoms with Gasteiger partial charge in [-0.1, -0.05) is 0 Å². The van der Waals surface area contributed by atoms with Crippen molar-refractivity contribution in [2.24, 2.45) is 0 Å².